The number of nitrogens with one attached hydrogen (secondary N) is 2. The Morgan fingerprint density at radius 2 is 1.71 bits per heavy atom. The molecule has 2 aliphatic heterocycles. The van der Waals surface area contributed by atoms with Crippen LogP contribution in [0.15, 0.2) is 54.6 Å². The number of nitrogens with zero attached hydrogens (tertiary/aromatic N) is 3. The van der Waals surface area contributed by atoms with E-state index < -0.39 is 12.2 Å². The molecule has 2 aromatic rings. The Morgan fingerprint density at radius 1 is 1.03 bits per heavy atom. The average Bonchev–Trinajstić information content (AvgIpc) is 3.28. The van der Waals surface area contributed by atoms with Gasteiger partial charge in [0.1, 0.15) is 17.7 Å². The van der Waals surface area contributed by atoms with Crippen LogP contribution in [0.3, 0.4) is 0 Å². The first-order valence-electron chi connectivity index (χ1n) is 12.7. The molecule has 2 fully saturated rings. The Labute approximate surface area is 221 Å². The van der Waals surface area contributed by atoms with E-state index in [-0.39, 0.29) is 17.9 Å². The Bertz CT molecular complexity index is 1120. The van der Waals surface area contributed by atoms with Crippen LogP contribution >= 0.6 is 0 Å². The molecular formula is C27H33N5O6. The number of benzene rings is 2. The van der Waals surface area contributed by atoms with Crippen molar-refractivity contribution in [3.8, 4) is 5.75 Å². The lowest BCUT2D eigenvalue weighted by molar-refractivity contribution is -0.143. The molecule has 2 heterocycles. The van der Waals surface area contributed by atoms with Crippen LogP contribution in [0, 0.1) is 5.41 Å². The molecule has 0 aliphatic carbocycles. The number of hydrogen-bond donors (Lipinski definition) is 2. The van der Waals surface area contributed by atoms with Gasteiger partial charge in [-0.1, -0.05) is 18.2 Å². The van der Waals surface area contributed by atoms with E-state index in [1.54, 1.807) is 60.4 Å². The molecule has 0 aromatic heterocycles. The number of cyclic esters (lactones) is 1. The molecule has 1 unspecified atom stereocenters. The average molecular weight is 524 g/mol. The van der Waals surface area contributed by atoms with Gasteiger partial charge >= 0.3 is 18.2 Å². The van der Waals surface area contributed by atoms with E-state index in [1.807, 2.05) is 6.07 Å². The van der Waals surface area contributed by atoms with Gasteiger partial charge in [-0.05, 0) is 43.3 Å². The second-order valence-corrected chi connectivity index (χ2v) is 9.06. The summed E-state index contributed by atoms with van der Waals surface area (Å²) in [6, 6.07) is 15.4. The summed E-state index contributed by atoms with van der Waals surface area (Å²) in [7, 11) is 0. The zero-order chi connectivity index (χ0) is 26.9. The first-order valence-corrected chi connectivity index (χ1v) is 12.7. The van der Waals surface area contributed by atoms with Crippen LogP contribution in [-0.4, -0.2) is 92.3 Å². The molecule has 2 amide bonds. The summed E-state index contributed by atoms with van der Waals surface area (Å²) in [5.41, 5.74) is 1.13. The topological polar surface area (TPSA) is 125 Å². The highest BCUT2D eigenvalue weighted by atomic mass is 16.6. The minimum atomic E-state index is -0.754. The molecule has 2 aliphatic rings. The Balaban J connectivity index is 1.21. The zero-order valence-corrected chi connectivity index (χ0v) is 21.4. The third kappa shape index (κ3) is 7.53. The highest BCUT2D eigenvalue weighted by Gasteiger charge is 2.34. The third-order valence-electron chi connectivity index (χ3n) is 6.39. The smallest absolute Gasteiger partial charge is 0.418 e. The molecule has 2 saturated heterocycles. The number of amidine groups is 1. The van der Waals surface area contributed by atoms with Crippen molar-refractivity contribution in [1.82, 2.24) is 15.1 Å². The number of piperazine rings is 1. The van der Waals surface area contributed by atoms with Crippen molar-refractivity contribution in [3.63, 3.8) is 0 Å². The van der Waals surface area contributed by atoms with Gasteiger partial charge in [0.2, 0.25) is 0 Å². The van der Waals surface area contributed by atoms with Crippen molar-refractivity contribution >= 4 is 29.7 Å². The number of rotatable bonds is 9. The molecule has 2 N–H and O–H groups in total. The van der Waals surface area contributed by atoms with Crippen LogP contribution in [0.1, 0.15) is 18.9 Å². The van der Waals surface area contributed by atoms with Crippen LogP contribution in [0.2, 0.25) is 0 Å². The first kappa shape index (κ1) is 27.1. The summed E-state index contributed by atoms with van der Waals surface area (Å²) in [4.78, 5) is 42.2. The number of carbonyl (C=O) groups is 3. The van der Waals surface area contributed by atoms with Gasteiger partial charge in [-0.3, -0.25) is 25.3 Å². The lowest BCUT2D eigenvalue weighted by Crippen LogP contribution is -2.49. The molecule has 11 heteroatoms. The number of para-hydroxylation sites is 1. The van der Waals surface area contributed by atoms with Gasteiger partial charge in [-0.2, -0.15) is 0 Å². The van der Waals surface area contributed by atoms with Crippen LogP contribution in [-0.2, 0) is 14.3 Å². The van der Waals surface area contributed by atoms with Crippen molar-refractivity contribution in [2.45, 2.75) is 19.4 Å². The van der Waals surface area contributed by atoms with Gasteiger partial charge in [0.15, 0.2) is 0 Å². The quantitative estimate of drug-likeness (QED) is 0.292. The fourth-order valence-electron chi connectivity index (χ4n) is 4.40. The summed E-state index contributed by atoms with van der Waals surface area (Å²) in [5.74, 6) is 0.103. The standard InChI is InChI=1S/C27H33N5O6/c1-2-36-24(33)12-13-30-14-16-31(17-15-30)18-23-19-32(27(35)38-23)21-10-8-20(9-11-21)25(28)29-26(34)37-22-6-4-3-5-7-22/h3-11,23H,2,12-19H2,1H3,(H2,28,29,34). The molecule has 0 radical (unpaired) electrons. The fraction of sp³-hybridized carbons (Fsp3) is 0.407. The van der Waals surface area contributed by atoms with Gasteiger partial charge in [-0.25, -0.2) is 9.59 Å². The van der Waals surface area contributed by atoms with Crippen LogP contribution in [0.5, 0.6) is 5.75 Å². The second-order valence-electron chi connectivity index (χ2n) is 9.06. The molecule has 1 atom stereocenters. The SMILES string of the molecule is CCOC(=O)CCN1CCN(CC2CN(c3ccc(C(=N)NC(=O)Oc4ccccc4)cc3)C(=O)O2)CC1. The number of esters is 1. The van der Waals surface area contributed by atoms with Crippen molar-refractivity contribution in [1.29, 1.82) is 5.41 Å². The largest absolute Gasteiger partial charge is 0.466 e. The molecule has 2 aromatic carbocycles. The van der Waals surface area contributed by atoms with Crippen molar-refractivity contribution < 1.29 is 28.6 Å². The van der Waals surface area contributed by atoms with Crippen molar-refractivity contribution in [2.24, 2.45) is 0 Å². The van der Waals surface area contributed by atoms with E-state index >= 15 is 0 Å². The van der Waals surface area contributed by atoms with Crippen LogP contribution in [0.4, 0.5) is 15.3 Å². The maximum Gasteiger partial charge on any atom is 0.418 e. The van der Waals surface area contributed by atoms with Gasteiger partial charge in [0.25, 0.3) is 0 Å². The summed E-state index contributed by atoms with van der Waals surface area (Å²) in [5, 5.41) is 10.6. The number of anilines is 1. The molecule has 4 rings (SSSR count). The molecular weight excluding hydrogens is 490 g/mol. The second kappa shape index (κ2) is 13.0. The molecule has 202 valence electrons. The highest BCUT2D eigenvalue weighted by molar-refractivity contribution is 6.05. The molecule has 0 saturated carbocycles. The number of hydrogen-bond acceptors (Lipinski definition) is 9. The molecule has 0 spiro atoms. The van der Waals surface area contributed by atoms with E-state index in [0.29, 0.717) is 49.7 Å². The minimum Gasteiger partial charge on any atom is -0.466 e. The first-order chi connectivity index (χ1) is 18.4. The molecule has 0 bridgehead atoms. The Hall–Kier alpha value is -3.96. The summed E-state index contributed by atoms with van der Waals surface area (Å²) < 4.78 is 15.7. The minimum absolute atomic E-state index is 0.110. The maximum absolute atomic E-state index is 12.5. The van der Waals surface area contributed by atoms with Gasteiger partial charge in [-0.15, -0.1) is 0 Å². The van der Waals surface area contributed by atoms with Crippen molar-refractivity contribution in [3.05, 3.63) is 60.2 Å². The lowest BCUT2D eigenvalue weighted by Gasteiger charge is -2.35. The third-order valence-corrected chi connectivity index (χ3v) is 6.39. The monoisotopic (exact) mass is 523 g/mol. The normalized spacial score (nSPS) is 18.1. The van der Waals surface area contributed by atoms with Crippen molar-refractivity contribution in [2.75, 3.05) is 57.3 Å². The van der Waals surface area contributed by atoms with Crippen LogP contribution in [0.25, 0.3) is 0 Å². The number of carbonyl (C=O) groups excluding carboxylic acids is 3. The Morgan fingerprint density at radius 3 is 2.39 bits per heavy atom. The van der Waals surface area contributed by atoms with E-state index in [0.717, 1.165) is 26.2 Å². The highest BCUT2D eigenvalue weighted by Crippen LogP contribution is 2.23. The van der Waals surface area contributed by atoms with Crippen LogP contribution < -0.4 is 15.0 Å². The van der Waals surface area contributed by atoms with E-state index in [1.165, 1.54) is 0 Å². The van der Waals surface area contributed by atoms with Gasteiger partial charge in [0, 0.05) is 50.5 Å². The number of amides is 2. The predicted molar refractivity (Wildman–Crippen MR) is 141 cm³/mol. The summed E-state index contributed by atoms with van der Waals surface area (Å²) in [6.45, 7) is 7.36. The Kier molecular flexibility index (Phi) is 9.28. The summed E-state index contributed by atoms with van der Waals surface area (Å²) >= 11 is 0. The number of ether oxygens (including phenoxy) is 3. The van der Waals surface area contributed by atoms with Gasteiger partial charge < -0.3 is 19.1 Å². The van der Waals surface area contributed by atoms with E-state index in [4.69, 9.17) is 19.6 Å². The molecule has 38 heavy (non-hydrogen) atoms. The van der Waals surface area contributed by atoms with Gasteiger partial charge in [0.05, 0.1) is 19.6 Å². The summed E-state index contributed by atoms with van der Waals surface area (Å²) in [6.07, 6.45) is -1.01. The zero-order valence-electron chi connectivity index (χ0n) is 21.4. The maximum atomic E-state index is 12.5. The lowest BCUT2D eigenvalue weighted by atomic mass is 10.1. The molecule has 11 nitrogen and oxygen atoms in total. The predicted octanol–water partition coefficient (Wildman–Crippen LogP) is 2.70. The van der Waals surface area contributed by atoms with E-state index in [2.05, 4.69) is 15.1 Å². The van der Waals surface area contributed by atoms with E-state index in [9.17, 15) is 14.4 Å². The fourth-order valence-corrected chi connectivity index (χ4v) is 4.40.